The molecule has 29 heavy (non-hydrogen) atoms. The molecule has 0 saturated carbocycles. The van der Waals surface area contributed by atoms with E-state index < -0.39 is 0 Å². The van der Waals surface area contributed by atoms with E-state index >= 15 is 0 Å². The molecule has 0 spiro atoms. The van der Waals surface area contributed by atoms with Crippen LogP contribution in [0, 0.1) is 17.1 Å². The van der Waals surface area contributed by atoms with Gasteiger partial charge in [0.2, 0.25) is 5.95 Å². The number of aromatic nitrogens is 5. The zero-order valence-electron chi connectivity index (χ0n) is 15.6. The lowest BCUT2D eigenvalue weighted by Gasteiger charge is -2.13. The largest absolute Gasteiger partial charge is 0.493 e. The summed E-state index contributed by atoms with van der Waals surface area (Å²) in [5.41, 5.74) is 3.90. The maximum absolute atomic E-state index is 14.4. The number of hydrogen-bond donors (Lipinski definition) is 1. The van der Waals surface area contributed by atoms with E-state index in [1.165, 1.54) is 12.4 Å². The number of fused-ring (bicyclic) bond motifs is 2. The van der Waals surface area contributed by atoms with Crippen molar-refractivity contribution in [1.82, 2.24) is 23.9 Å². The molecule has 9 heteroatoms. The summed E-state index contributed by atoms with van der Waals surface area (Å²) in [5, 5.41) is 12.7. The number of nitrogens with zero attached hydrogens (tertiary/aromatic N) is 6. The van der Waals surface area contributed by atoms with Crippen LogP contribution in [0.3, 0.4) is 0 Å². The van der Waals surface area contributed by atoms with Gasteiger partial charge in [-0.2, -0.15) is 5.26 Å². The molecule has 144 valence electrons. The first-order valence-electron chi connectivity index (χ1n) is 9.07. The highest BCUT2D eigenvalue weighted by Crippen LogP contribution is 2.31. The van der Waals surface area contributed by atoms with Crippen molar-refractivity contribution < 1.29 is 9.13 Å². The Morgan fingerprint density at radius 1 is 1.28 bits per heavy atom. The highest BCUT2D eigenvalue weighted by Gasteiger charge is 2.21. The molecule has 4 aromatic rings. The van der Waals surface area contributed by atoms with E-state index in [9.17, 15) is 9.65 Å². The molecule has 3 aromatic heterocycles. The highest BCUT2D eigenvalue weighted by atomic mass is 19.1. The Hall–Kier alpha value is -3.93. The molecule has 0 atom stereocenters. The molecular formula is C20H16FN7O. The highest BCUT2D eigenvalue weighted by molar-refractivity contribution is 5.82. The minimum atomic E-state index is -0.284. The van der Waals surface area contributed by atoms with Gasteiger partial charge in [-0.15, -0.1) is 0 Å². The lowest BCUT2D eigenvalue weighted by molar-refractivity contribution is 0.356. The molecule has 1 aromatic carbocycles. The second-order valence-corrected chi connectivity index (χ2v) is 6.76. The van der Waals surface area contributed by atoms with Crippen LogP contribution in [0.4, 0.5) is 10.3 Å². The van der Waals surface area contributed by atoms with Gasteiger partial charge in [0, 0.05) is 42.9 Å². The number of halogens is 1. The van der Waals surface area contributed by atoms with Crippen molar-refractivity contribution in [2.24, 2.45) is 7.05 Å². The van der Waals surface area contributed by atoms with Gasteiger partial charge in [0.05, 0.1) is 30.3 Å². The number of imidazole rings is 2. The zero-order valence-corrected chi connectivity index (χ0v) is 15.6. The predicted molar refractivity (Wildman–Crippen MR) is 103 cm³/mol. The predicted octanol–water partition coefficient (Wildman–Crippen LogP) is 2.69. The van der Waals surface area contributed by atoms with Gasteiger partial charge in [-0.25, -0.2) is 19.3 Å². The normalized spacial score (nSPS) is 12.6. The third-order valence-corrected chi connectivity index (χ3v) is 5.13. The van der Waals surface area contributed by atoms with Crippen molar-refractivity contribution in [1.29, 1.82) is 5.26 Å². The number of benzene rings is 1. The summed E-state index contributed by atoms with van der Waals surface area (Å²) in [6, 6.07) is 5.20. The SMILES string of the molecule is Cn1cncc1-c1cnc(NCc2c(F)ccc3c2CCO3)n2cnc(C#N)c12. The number of nitrogens with one attached hydrogen (secondary N) is 1. The number of aryl methyl sites for hydroxylation is 1. The Morgan fingerprint density at radius 2 is 2.17 bits per heavy atom. The van der Waals surface area contributed by atoms with Gasteiger partial charge >= 0.3 is 0 Å². The van der Waals surface area contributed by atoms with E-state index in [-0.39, 0.29) is 18.1 Å². The van der Waals surface area contributed by atoms with E-state index in [4.69, 9.17) is 4.74 Å². The molecular weight excluding hydrogens is 373 g/mol. The molecule has 4 heterocycles. The monoisotopic (exact) mass is 389 g/mol. The first-order chi connectivity index (χ1) is 14.2. The van der Waals surface area contributed by atoms with Gasteiger partial charge in [-0.3, -0.25) is 4.40 Å². The Balaban J connectivity index is 1.56. The summed E-state index contributed by atoms with van der Waals surface area (Å²) >= 11 is 0. The molecule has 0 fully saturated rings. The standard InChI is InChI=1S/C20H16FN7O/c1-27-10-23-9-17(27)14-8-25-20(28-11-26-16(6-22)19(14)28)24-7-13-12-4-5-29-18(12)3-2-15(13)21/h2-3,8-11H,4-5,7H2,1H3,(H,24,25). The minimum absolute atomic E-state index is 0.242. The Morgan fingerprint density at radius 3 is 2.97 bits per heavy atom. The summed E-state index contributed by atoms with van der Waals surface area (Å²) in [4.78, 5) is 12.8. The van der Waals surface area contributed by atoms with Crippen molar-refractivity contribution in [3.63, 3.8) is 0 Å². The van der Waals surface area contributed by atoms with Crippen LogP contribution >= 0.6 is 0 Å². The summed E-state index contributed by atoms with van der Waals surface area (Å²) in [5.74, 6) is 0.908. The molecule has 0 radical (unpaired) electrons. The van der Waals surface area contributed by atoms with Crippen molar-refractivity contribution in [3.05, 3.63) is 59.8 Å². The quantitative estimate of drug-likeness (QED) is 0.577. The van der Waals surface area contributed by atoms with Crippen LogP contribution in [-0.4, -0.2) is 30.5 Å². The van der Waals surface area contributed by atoms with Crippen LogP contribution in [0.2, 0.25) is 0 Å². The third-order valence-electron chi connectivity index (χ3n) is 5.13. The fraction of sp³-hybridized carbons (Fsp3) is 0.200. The summed E-state index contributed by atoms with van der Waals surface area (Å²) in [6.07, 6.45) is 7.28. The molecule has 1 aliphatic rings. The van der Waals surface area contributed by atoms with Gasteiger partial charge in [0.15, 0.2) is 5.69 Å². The smallest absolute Gasteiger partial charge is 0.209 e. The van der Waals surface area contributed by atoms with E-state index in [2.05, 4.69) is 26.3 Å². The number of hydrogen-bond acceptors (Lipinski definition) is 6. The van der Waals surface area contributed by atoms with Gasteiger partial charge in [0.25, 0.3) is 0 Å². The Labute approximate surface area is 165 Å². The first kappa shape index (κ1) is 17.2. The third kappa shape index (κ3) is 2.69. The van der Waals surface area contributed by atoms with Crippen molar-refractivity contribution in [2.45, 2.75) is 13.0 Å². The van der Waals surface area contributed by atoms with Gasteiger partial charge < -0.3 is 14.6 Å². The Kier molecular flexibility index (Phi) is 3.91. The Bertz CT molecular complexity index is 1280. The number of anilines is 1. The van der Waals surface area contributed by atoms with E-state index in [1.807, 2.05) is 11.6 Å². The molecule has 1 aliphatic heterocycles. The molecule has 1 N–H and O–H groups in total. The molecule has 0 aliphatic carbocycles. The fourth-order valence-electron chi connectivity index (χ4n) is 3.71. The summed E-state index contributed by atoms with van der Waals surface area (Å²) in [7, 11) is 1.87. The van der Waals surface area contributed by atoms with E-state index in [0.717, 1.165) is 22.6 Å². The van der Waals surface area contributed by atoms with Crippen LogP contribution in [0.25, 0.3) is 16.8 Å². The van der Waals surface area contributed by atoms with Crippen LogP contribution in [-0.2, 0) is 20.0 Å². The molecule has 0 unspecified atom stereocenters. The second kappa shape index (κ2) is 6.60. The average molecular weight is 389 g/mol. The summed E-state index contributed by atoms with van der Waals surface area (Å²) < 4.78 is 23.5. The second-order valence-electron chi connectivity index (χ2n) is 6.76. The van der Waals surface area contributed by atoms with Gasteiger partial charge in [-0.1, -0.05) is 0 Å². The molecule has 0 amide bonds. The minimum Gasteiger partial charge on any atom is -0.493 e. The van der Waals surface area contributed by atoms with Crippen molar-refractivity contribution in [3.8, 4) is 23.1 Å². The number of nitriles is 1. The topological polar surface area (TPSA) is 93.1 Å². The molecule has 8 nitrogen and oxygen atoms in total. The van der Waals surface area contributed by atoms with Crippen molar-refractivity contribution >= 4 is 11.5 Å². The van der Waals surface area contributed by atoms with Crippen molar-refractivity contribution in [2.75, 3.05) is 11.9 Å². The zero-order chi connectivity index (χ0) is 20.0. The fourth-order valence-corrected chi connectivity index (χ4v) is 3.71. The summed E-state index contributed by atoms with van der Waals surface area (Å²) in [6.45, 7) is 0.798. The van der Waals surface area contributed by atoms with E-state index in [1.54, 1.807) is 29.2 Å². The number of ether oxygens (including phenoxy) is 1. The average Bonchev–Trinajstić information content (AvgIpc) is 3.46. The van der Waals surface area contributed by atoms with Crippen LogP contribution in [0.15, 0.2) is 37.2 Å². The lowest BCUT2D eigenvalue weighted by Crippen LogP contribution is -2.10. The maximum Gasteiger partial charge on any atom is 0.209 e. The van der Waals surface area contributed by atoms with Crippen LogP contribution in [0.5, 0.6) is 5.75 Å². The molecule has 0 saturated heterocycles. The lowest BCUT2D eigenvalue weighted by atomic mass is 10.0. The molecule has 0 bridgehead atoms. The van der Waals surface area contributed by atoms with Crippen LogP contribution < -0.4 is 10.1 Å². The molecule has 5 rings (SSSR count). The van der Waals surface area contributed by atoms with E-state index in [0.29, 0.717) is 30.1 Å². The first-order valence-corrected chi connectivity index (χ1v) is 9.07. The van der Waals surface area contributed by atoms with Gasteiger partial charge in [0.1, 0.15) is 24.0 Å². The number of rotatable bonds is 4. The van der Waals surface area contributed by atoms with Crippen LogP contribution in [0.1, 0.15) is 16.8 Å². The van der Waals surface area contributed by atoms with Gasteiger partial charge in [-0.05, 0) is 12.1 Å². The maximum atomic E-state index is 14.4.